The van der Waals surface area contributed by atoms with Gasteiger partial charge in [0.1, 0.15) is 11.9 Å². The van der Waals surface area contributed by atoms with Crippen molar-refractivity contribution in [3.05, 3.63) is 48.3 Å². The van der Waals surface area contributed by atoms with Crippen molar-refractivity contribution in [2.75, 3.05) is 20.1 Å². The quantitative estimate of drug-likeness (QED) is 0.779. The van der Waals surface area contributed by atoms with Crippen molar-refractivity contribution in [3.63, 3.8) is 0 Å². The van der Waals surface area contributed by atoms with Gasteiger partial charge < -0.3 is 10.6 Å². The molecule has 0 aromatic heterocycles. The van der Waals surface area contributed by atoms with Crippen LogP contribution in [0.25, 0.3) is 0 Å². The molecule has 2 rings (SSSR count). The maximum absolute atomic E-state index is 14.2. The molecule has 1 aliphatic heterocycles. The van der Waals surface area contributed by atoms with Gasteiger partial charge in [0.25, 0.3) is 0 Å². The van der Waals surface area contributed by atoms with E-state index in [1.807, 2.05) is 0 Å². The zero-order chi connectivity index (χ0) is 16.8. The van der Waals surface area contributed by atoms with E-state index in [-0.39, 0.29) is 17.4 Å². The van der Waals surface area contributed by atoms with Crippen molar-refractivity contribution in [1.29, 1.82) is 0 Å². The van der Waals surface area contributed by atoms with E-state index in [4.69, 9.17) is 0 Å². The predicted molar refractivity (Wildman–Crippen MR) is 86.1 cm³/mol. The first-order valence-electron chi connectivity index (χ1n) is 7.70. The molecule has 1 aromatic rings. The normalized spacial score (nSPS) is 19.1. The van der Waals surface area contributed by atoms with E-state index < -0.39 is 17.9 Å². The summed E-state index contributed by atoms with van der Waals surface area (Å²) in [5, 5.41) is 5.33. The molecule has 0 bridgehead atoms. The Morgan fingerprint density at radius 2 is 2.22 bits per heavy atom. The minimum absolute atomic E-state index is 0.160. The Morgan fingerprint density at radius 1 is 1.48 bits per heavy atom. The number of likely N-dealkylation sites (tertiary alicyclic amines) is 1. The van der Waals surface area contributed by atoms with Crippen LogP contribution in [0.1, 0.15) is 24.4 Å². The third-order valence-electron chi connectivity index (χ3n) is 4.04. The highest BCUT2D eigenvalue weighted by molar-refractivity contribution is 5.86. The molecule has 1 heterocycles. The number of halogens is 1. The predicted octanol–water partition coefficient (Wildman–Crippen LogP) is 1.38. The summed E-state index contributed by atoms with van der Waals surface area (Å²) in [5.74, 6) is -0.926. The molecule has 0 aliphatic carbocycles. The Balaban J connectivity index is 2.31. The highest BCUT2D eigenvalue weighted by Crippen LogP contribution is 2.31. The topological polar surface area (TPSA) is 61.4 Å². The Hall–Kier alpha value is -2.21. The van der Waals surface area contributed by atoms with Crippen molar-refractivity contribution in [2.45, 2.75) is 24.9 Å². The highest BCUT2D eigenvalue weighted by Gasteiger charge is 2.39. The van der Waals surface area contributed by atoms with E-state index >= 15 is 0 Å². The van der Waals surface area contributed by atoms with Crippen LogP contribution < -0.4 is 10.6 Å². The van der Waals surface area contributed by atoms with Crippen molar-refractivity contribution >= 4 is 11.8 Å². The first kappa shape index (κ1) is 17.1. The smallest absolute Gasteiger partial charge is 0.241 e. The molecule has 2 unspecified atom stereocenters. The number of carbonyl (C=O) groups excluding carboxylic acids is 2. The average Bonchev–Trinajstić information content (AvgIpc) is 3.03. The van der Waals surface area contributed by atoms with Gasteiger partial charge in [-0.2, -0.15) is 0 Å². The lowest BCUT2D eigenvalue weighted by atomic mass is 10.0. The van der Waals surface area contributed by atoms with Crippen molar-refractivity contribution in [2.24, 2.45) is 0 Å². The molecular formula is C17H22FN3O2. The van der Waals surface area contributed by atoms with Gasteiger partial charge in [0, 0.05) is 25.7 Å². The van der Waals surface area contributed by atoms with E-state index in [0.717, 1.165) is 6.42 Å². The molecular weight excluding hydrogens is 297 g/mol. The molecule has 1 fully saturated rings. The summed E-state index contributed by atoms with van der Waals surface area (Å²) in [4.78, 5) is 26.5. The summed E-state index contributed by atoms with van der Waals surface area (Å²) < 4.78 is 14.2. The molecule has 23 heavy (non-hydrogen) atoms. The average molecular weight is 319 g/mol. The van der Waals surface area contributed by atoms with Gasteiger partial charge in [-0.3, -0.25) is 14.5 Å². The molecule has 1 saturated heterocycles. The lowest BCUT2D eigenvalue weighted by molar-refractivity contribution is -0.131. The molecule has 124 valence electrons. The second-order valence-corrected chi connectivity index (χ2v) is 5.47. The number of nitrogens with zero attached hydrogens (tertiary/aromatic N) is 1. The van der Waals surface area contributed by atoms with Gasteiger partial charge >= 0.3 is 0 Å². The molecule has 2 atom stereocenters. The summed E-state index contributed by atoms with van der Waals surface area (Å²) in [6.45, 7) is 4.51. The molecule has 0 saturated carbocycles. The fourth-order valence-electron chi connectivity index (χ4n) is 2.97. The third kappa shape index (κ3) is 3.76. The van der Waals surface area contributed by atoms with Crippen LogP contribution in [0.4, 0.5) is 4.39 Å². The highest BCUT2D eigenvalue weighted by atomic mass is 19.1. The zero-order valence-corrected chi connectivity index (χ0v) is 13.2. The van der Waals surface area contributed by atoms with E-state index in [1.54, 1.807) is 29.2 Å². The van der Waals surface area contributed by atoms with Gasteiger partial charge in [-0.05, 0) is 18.9 Å². The number of carbonyl (C=O) groups is 2. The van der Waals surface area contributed by atoms with Gasteiger partial charge in [-0.25, -0.2) is 4.39 Å². The van der Waals surface area contributed by atoms with Crippen LogP contribution in [-0.2, 0) is 9.59 Å². The summed E-state index contributed by atoms with van der Waals surface area (Å²) in [6.07, 6.45) is 3.03. The molecule has 1 aliphatic rings. The number of amides is 2. The van der Waals surface area contributed by atoms with Gasteiger partial charge in [0.05, 0.1) is 6.04 Å². The lowest BCUT2D eigenvalue weighted by Crippen LogP contribution is -2.48. The zero-order valence-electron chi connectivity index (χ0n) is 13.2. The first-order valence-corrected chi connectivity index (χ1v) is 7.70. The molecule has 6 heteroatoms. The Morgan fingerprint density at radius 3 is 2.87 bits per heavy atom. The molecule has 0 spiro atoms. The number of likely N-dealkylation sites (N-methyl/N-ethyl adjacent to an activating group) is 1. The number of hydrogen-bond donors (Lipinski definition) is 2. The Bertz CT molecular complexity index is 591. The SMILES string of the molecule is C=CCNC(=O)C1CCCN1C(C(=O)NC)c1ccccc1F. The number of benzene rings is 1. The number of hydrogen-bond acceptors (Lipinski definition) is 3. The molecule has 2 N–H and O–H groups in total. The van der Waals surface area contributed by atoms with Crippen LogP contribution >= 0.6 is 0 Å². The van der Waals surface area contributed by atoms with Crippen molar-refractivity contribution in [3.8, 4) is 0 Å². The summed E-state index contributed by atoms with van der Waals surface area (Å²) in [5.41, 5.74) is 0.287. The van der Waals surface area contributed by atoms with Gasteiger partial charge in [0.2, 0.25) is 11.8 Å². The van der Waals surface area contributed by atoms with Crippen LogP contribution in [0.5, 0.6) is 0 Å². The third-order valence-corrected chi connectivity index (χ3v) is 4.04. The monoisotopic (exact) mass is 319 g/mol. The fourth-order valence-corrected chi connectivity index (χ4v) is 2.97. The largest absolute Gasteiger partial charge is 0.358 e. The first-order chi connectivity index (χ1) is 11.1. The van der Waals surface area contributed by atoms with Gasteiger partial charge in [0.15, 0.2) is 0 Å². The van der Waals surface area contributed by atoms with Crippen LogP contribution in [0.15, 0.2) is 36.9 Å². The fraction of sp³-hybridized carbons (Fsp3) is 0.412. The van der Waals surface area contributed by atoms with Crippen LogP contribution in [0.2, 0.25) is 0 Å². The molecule has 5 nitrogen and oxygen atoms in total. The summed E-state index contributed by atoms with van der Waals surface area (Å²) >= 11 is 0. The minimum Gasteiger partial charge on any atom is -0.358 e. The van der Waals surface area contributed by atoms with Gasteiger partial charge in [-0.1, -0.05) is 24.3 Å². The molecule has 1 aromatic carbocycles. The van der Waals surface area contributed by atoms with Crippen LogP contribution in [0, 0.1) is 5.82 Å². The van der Waals surface area contributed by atoms with Crippen LogP contribution in [-0.4, -0.2) is 42.9 Å². The van der Waals surface area contributed by atoms with Crippen LogP contribution in [0.3, 0.4) is 0 Å². The maximum Gasteiger partial charge on any atom is 0.241 e. The second kappa shape index (κ2) is 7.87. The standard InChI is InChI=1S/C17H22FN3O2/c1-3-10-20-16(22)14-9-6-11-21(14)15(17(23)19-2)12-7-4-5-8-13(12)18/h3-5,7-8,14-15H,1,6,9-11H2,2H3,(H,19,23)(H,20,22). The van der Waals surface area contributed by atoms with Crippen molar-refractivity contribution in [1.82, 2.24) is 15.5 Å². The second-order valence-electron chi connectivity index (χ2n) is 5.47. The van der Waals surface area contributed by atoms with E-state index in [9.17, 15) is 14.0 Å². The summed E-state index contributed by atoms with van der Waals surface area (Å²) in [7, 11) is 1.51. The summed E-state index contributed by atoms with van der Waals surface area (Å²) in [6, 6.07) is 4.93. The Kier molecular flexibility index (Phi) is 5.87. The molecule has 0 radical (unpaired) electrons. The molecule has 2 amide bonds. The van der Waals surface area contributed by atoms with E-state index in [2.05, 4.69) is 17.2 Å². The van der Waals surface area contributed by atoms with Gasteiger partial charge in [-0.15, -0.1) is 6.58 Å². The Labute approximate surface area is 135 Å². The number of rotatable bonds is 6. The maximum atomic E-state index is 14.2. The van der Waals surface area contributed by atoms with Crippen molar-refractivity contribution < 1.29 is 14.0 Å². The minimum atomic E-state index is -0.816. The van der Waals surface area contributed by atoms with E-state index in [1.165, 1.54) is 13.1 Å². The lowest BCUT2D eigenvalue weighted by Gasteiger charge is -2.31. The number of nitrogens with one attached hydrogen (secondary N) is 2. The van der Waals surface area contributed by atoms with E-state index in [0.29, 0.717) is 19.5 Å².